The van der Waals surface area contributed by atoms with Gasteiger partial charge in [-0.2, -0.15) is 9.61 Å². The number of nitrogens with one attached hydrogen (secondary N) is 2. The van der Waals surface area contributed by atoms with Gasteiger partial charge in [0, 0.05) is 19.1 Å². The molecule has 1 aliphatic heterocycles. The molecule has 21 heavy (non-hydrogen) atoms. The van der Waals surface area contributed by atoms with Crippen molar-refractivity contribution >= 4 is 11.5 Å². The van der Waals surface area contributed by atoms with Crippen molar-refractivity contribution in [2.24, 2.45) is 5.92 Å². The number of fused-ring (bicyclic) bond motifs is 1. The Balaban J connectivity index is 1.41. The first-order chi connectivity index (χ1) is 10.3. The van der Waals surface area contributed by atoms with Crippen LogP contribution in [0.3, 0.4) is 0 Å². The molecule has 0 radical (unpaired) electrons. The van der Waals surface area contributed by atoms with E-state index in [1.807, 2.05) is 12.1 Å². The fourth-order valence-corrected chi connectivity index (χ4v) is 2.93. The second-order valence-corrected chi connectivity index (χ2v) is 6.10. The molecule has 1 saturated carbocycles. The summed E-state index contributed by atoms with van der Waals surface area (Å²) in [5, 5.41) is 14.4. The molecule has 2 aliphatic rings. The van der Waals surface area contributed by atoms with Crippen LogP contribution in [0.25, 0.3) is 5.65 Å². The Morgan fingerprint density at radius 2 is 2.05 bits per heavy atom. The van der Waals surface area contributed by atoms with Gasteiger partial charge in [-0.3, -0.25) is 0 Å². The van der Waals surface area contributed by atoms with Gasteiger partial charge in [-0.15, -0.1) is 5.10 Å². The predicted octanol–water partition coefficient (Wildman–Crippen LogP) is 0.386. The number of hydrogen-bond donors (Lipinski definition) is 2. The monoisotopic (exact) mass is 288 g/mol. The molecule has 0 atom stereocenters. The third-order valence-electron chi connectivity index (χ3n) is 4.47. The molecule has 1 aliphatic carbocycles. The fourth-order valence-electron chi connectivity index (χ4n) is 2.93. The first-order valence-corrected chi connectivity index (χ1v) is 7.72. The number of aromatic nitrogens is 4. The van der Waals surface area contributed by atoms with E-state index >= 15 is 0 Å². The number of nitrogens with zero attached hydrogens (tertiary/aromatic N) is 4. The molecule has 2 aromatic heterocycles. The lowest BCUT2D eigenvalue weighted by molar-refractivity contribution is 0.407. The maximum atomic E-state index is 11.6. The van der Waals surface area contributed by atoms with E-state index in [0.717, 1.165) is 37.7 Å². The highest BCUT2D eigenvalue weighted by Gasteiger charge is 2.24. The van der Waals surface area contributed by atoms with Crippen LogP contribution in [0, 0.1) is 5.92 Å². The SMILES string of the molecule is O=c1[nH]nc2ccc(N3CCC(NCC4CC4)CC3)nn12. The molecule has 2 fully saturated rings. The van der Waals surface area contributed by atoms with Gasteiger partial charge in [0.2, 0.25) is 0 Å². The van der Waals surface area contributed by atoms with Crippen molar-refractivity contribution < 1.29 is 0 Å². The quantitative estimate of drug-likeness (QED) is 0.851. The maximum Gasteiger partial charge on any atom is 0.364 e. The van der Waals surface area contributed by atoms with Crippen LogP contribution >= 0.6 is 0 Å². The Hall–Kier alpha value is -1.89. The highest BCUT2D eigenvalue weighted by molar-refractivity contribution is 5.45. The van der Waals surface area contributed by atoms with Crippen molar-refractivity contribution in [3.05, 3.63) is 22.6 Å². The Labute approximate surface area is 122 Å². The standard InChI is InChI=1S/C14H20N6O/c21-14-17-16-12-3-4-13(18-20(12)14)19-7-5-11(6-8-19)15-9-10-1-2-10/h3-4,10-11,15H,1-2,5-9H2,(H,17,21). The number of H-pyrrole nitrogens is 1. The average Bonchev–Trinajstić information content (AvgIpc) is 3.29. The first-order valence-electron chi connectivity index (χ1n) is 7.72. The van der Waals surface area contributed by atoms with Gasteiger partial charge in [0.15, 0.2) is 5.65 Å². The summed E-state index contributed by atoms with van der Waals surface area (Å²) in [6.07, 6.45) is 5.06. The van der Waals surface area contributed by atoms with E-state index in [0.29, 0.717) is 11.7 Å². The van der Waals surface area contributed by atoms with E-state index in [9.17, 15) is 4.79 Å². The summed E-state index contributed by atoms with van der Waals surface area (Å²) >= 11 is 0. The number of aromatic amines is 1. The second kappa shape index (κ2) is 5.14. The Morgan fingerprint density at radius 3 is 2.81 bits per heavy atom. The van der Waals surface area contributed by atoms with Crippen LogP contribution in [0.15, 0.2) is 16.9 Å². The molecule has 0 unspecified atom stereocenters. The summed E-state index contributed by atoms with van der Waals surface area (Å²) in [6, 6.07) is 4.40. The molecule has 2 aromatic rings. The van der Waals surface area contributed by atoms with Crippen molar-refractivity contribution in [1.29, 1.82) is 0 Å². The van der Waals surface area contributed by atoms with E-state index in [1.165, 1.54) is 23.9 Å². The van der Waals surface area contributed by atoms with E-state index in [1.54, 1.807) is 0 Å². The lowest BCUT2D eigenvalue weighted by atomic mass is 10.0. The zero-order valence-electron chi connectivity index (χ0n) is 12.0. The Kier molecular flexibility index (Phi) is 3.14. The number of rotatable bonds is 4. The zero-order valence-corrected chi connectivity index (χ0v) is 12.0. The van der Waals surface area contributed by atoms with E-state index in [-0.39, 0.29) is 5.69 Å². The molecule has 7 heteroatoms. The van der Waals surface area contributed by atoms with Crippen LogP contribution in [0.1, 0.15) is 25.7 Å². The molecular formula is C14H20N6O. The molecule has 1 saturated heterocycles. The van der Waals surface area contributed by atoms with Crippen molar-refractivity contribution in [1.82, 2.24) is 25.1 Å². The topological polar surface area (TPSA) is 78.3 Å². The van der Waals surface area contributed by atoms with Gasteiger partial charge in [0.25, 0.3) is 0 Å². The normalized spacial score (nSPS) is 20.3. The molecule has 0 aromatic carbocycles. The van der Waals surface area contributed by atoms with E-state index in [4.69, 9.17) is 0 Å². The zero-order chi connectivity index (χ0) is 14.2. The Bertz CT molecular complexity index is 680. The van der Waals surface area contributed by atoms with E-state index in [2.05, 4.69) is 25.5 Å². The highest BCUT2D eigenvalue weighted by Crippen LogP contribution is 2.28. The van der Waals surface area contributed by atoms with E-state index < -0.39 is 0 Å². The van der Waals surface area contributed by atoms with Gasteiger partial charge in [0.1, 0.15) is 5.82 Å². The summed E-state index contributed by atoms with van der Waals surface area (Å²) in [7, 11) is 0. The minimum atomic E-state index is -0.284. The minimum absolute atomic E-state index is 0.284. The number of anilines is 1. The molecule has 2 N–H and O–H groups in total. The Morgan fingerprint density at radius 1 is 1.24 bits per heavy atom. The van der Waals surface area contributed by atoms with Crippen LogP contribution in [0.4, 0.5) is 5.82 Å². The first kappa shape index (κ1) is 12.8. The van der Waals surface area contributed by atoms with Gasteiger partial charge in [-0.1, -0.05) is 0 Å². The summed E-state index contributed by atoms with van der Waals surface area (Å²) < 4.78 is 1.33. The summed E-state index contributed by atoms with van der Waals surface area (Å²) in [4.78, 5) is 13.8. The van der Waals surface area contributed by atoms with Crippen LogP contribution in [0.2, 0.25) is 0 Å². The summed E-state index contributed by atoms with van der Waals surface area (Å²) in [6.45, 7) is 3.14. The van der Waals surface area contributed by atoms with Crippen LogP contribution < -0.4 is 15.9 Å². The van der Waals surface area contributed by atoms with Gasteiger partial charge in [-0.05, 0) is 50.3 Å². The summed E-state index contributed by atoms with van der Waals surface area (Å²) in [5.41, 5.74) is 0.276. The largest absolute Gasteiger partial charge is 0.364 e. The van der Waals surface area contributed by atoms with Gasteiger partial charge in [-0.25, -0.2) is 9.89 Å². The molecule has 4 rings (SSSR count). The van der Waals surface area contributed by atoms with Crippen molar-refractivity contribution in [3.8, 4) is 0 Å². The van der Waals surface area contributed by atoms with Crippen LogP contribution in [-0.4, -0.2) is 45.5 Å². The number of hydrogen-bond acceptors (Lipinski definition) is 5. The minimum Gasteiger partial charge on any atom is -0.355 e. The molecule has 112 valence electrons. The lowest BCUT2D eigenvalue weighted by Gasteiger charge is -2.33. The molecule has 0 spiro atoms. The third-order valence-corrected chi connectivity index (χ3v) is 4.47. The molecule has 0 amide bonds. The average molecular weight is 288 g/mol. The summed E-state index contributed by atoms with van der Waals surface area (Å²) in [5.74, 6) is 1.78. The fraction of sp³-hybridized carbons (Fsp3) is 0.643. The lowest BCUT2D eigenvalue weighted by Crippen LogP contribution is -2.43. The van der Waals surface area contributed by atoms with Crippen LogP contribution in [-0.2, 0) is 0 Å². The highest BCUT2D eigenvalue weighted by atomic mass is 16.2. The molecule has 0 bridgehead atoms. The third kappa shape index (κ3) is 2.65. The predicted molar refractivity (Wildman–Crippen MR) is 79.6 cm³/mol. The number of piperidine rings is 1. The van der Waals surface area contributed by atoms with Crippen LogP contribution in [0.5, 0.6) is 0 Å². The van der Waals surface area contributed by atoms with Crippen molar-refractivity contribution in [2.45, 2.75) is 31.7 Å². The van der Waals surface area contributed by atoms with Crippen molar-refractivity contribution in [3.63, 3.8) is 0 Å². The van der Waals surface area contributed by atoms with Gasteiger partial charge >= 0.3 is 5.69 Å². The van der Waals surface area contributed by atoms with Gasteiger partial charge in [0.05, 0.1) is 0 Å². The second-order valence-electron chi connectivity index (χ2n) is 6.10. The van der Waals surface area contributed by atoms with Gasteiger partial charge < -0.3 is 10.2 Å². The van der Waals surface area contributed by atoms with Crippen molar-refractivity contribution in [2.75, 3.05) is 24.5 Å². The molecule has 3 heterocycles. The molecular weight excluding hydrogens is 268 g/mol. The molecule has 7 nitrogen and oxygen atoms in total. The maximum absolute atomic E-state index is 11.6. The smallest absolute Gasteiger partial charge is 0.355 e.